The predicted molar refractivity (Wildman–Crippen MR) is 78.2 cm³/mol. The molecular weight excluding hydrogens is 321 g/mol. The SMILES string of the molecule is OC[C@H]1O[C@@H](n2cc(F)c3c(-c4ccco4)ncnc32)C(O)[C@@H]1O. The van der Waals surface area contributed by atoms with Gasteiger partial charge >= 0.3 is 0 Å². The average molecular weight is 335 g/mol. The summed E-state index contributed by atoms with van der Waals surface area (Å²) >= 11 is 0. The van der Waals surface area contributed by atoms with E-state index in [4.69, 9.17) is 9.15 Å². The lowest BCUT2D eigenvalue weighted by atomic mass is 10.1. The number of aromatic nitrogens is 3. The molecule has 1 aliphatic rings. The highest BCUT2D eigenvalue weighted by Gasteiger charge is 2.44. The van der Waals surface area contributed by atoms with Crippen molar-refractivity contribution < 1.29 is 28.9 Å². The van der Waals surface area contributed by atoms with Crippen LogP contribution in [0.25, 0.3) is 22.5 Å². The normalized spacial score (nSPS) is 27.2. The first-order valence-electron chi connectivity index (χ1n) is 7.29. The molecule has 9 heteroatoms. The number of fused-ring (bicyclic) bond motifs is 1. The summed E-state index contributed by atoms with van der Waals surface area (Å²) < 4.78 is 26.5. The van der Waals surface area contributed by atoms with Gasteiger partial charge in [0.15, 0.2) is 17.8 Å². The monoisotopic (exact) mass is 335 g/mol. The third-order valence-electron chi connectivity index (χ3n) is 4.11. The number of aliphatic hydroxyl groups excluding tert-OH is 3. The number of rotatable bonds is 3. The summed E-state index contributed by atoms with van der Waals surface area (Å²) in [7, 11) is 0. The Morgan fingerprint density at radius 3 is 2.75 bits per heavy atom. The predicted octanol–water partition coefficient (Wildman–Crippen LogP) is 0.442. The van der Waals surface area contributed by atoms with Crippen molar-refractivity contribution in [3.8, 4) is 11.5 Å². The second kappa shape index (κ2) is 5.64. The van der Waals surface area contributed by atoms with Crippen LogP contribution in [0.15, 0.2) is 35.3 Å². The quantitative estimate of drug-likeness (QED) is 0.636. The van der Waals surface area contributed by atoms with Gasteiger partial charge in [-0.05, 0) is 12.1 Å². The van der Waals surface area contributed by atoms with Crippen LogP contribution in [-0.4, -0.2) is 54.8 Å². The van der Waals surface area contributed by atoms with Crippen LogP contribution in [0.3, 0.4) is 0 Å². The summed E-state index contributed by atoms with van der Waals surface area (Å²) in [5, 5.41) is 29.3. The highest BCUT2D eigenvalue weighted by molar-refractivity contribution is 5.90. The molecule has 0 bridgehead atoms. The van der Waals surface area contributed by atoms with Crippen molar-refractivity contribution in [2.75, 3.05) is 6.61 Å². The van der Waals surface area contributed by atoms with Crippen LogP contribution in [0.5, 0.6) is 0 Å². The average Bonchev–Trinajstić information content (AvgIpc) is 3.29. The van der Waals surface area contributed by atoms with E-state index in [2.05, 4.69) is 9.97 Å². The number of hydrogen-bond acceptors (Lipinski definition) is 7. The van der Waals surface area contributed by atoms with Crippen molar-refractivity contribution in [2.24, 2.45) is 0 Å². The van der Waals surface area contributed by atoms with Crippen molar-refractivity contribution >= 4 is 11.0 Å². The number of hydrogen-bond donors (Lipinski definition) is 3. The van der Waals surface area contributed by atoms with E-state index in [-0.39, 0.29) is 16.7 Å². The van der Waals surface area contributed by atoms with Gasteiger partial charge in [0.05, 0.1) is 18.3 Å². The molecule has 3 aromatic rings. The van der Waals surface area contributed by atoms with Gasteiger partial charge in [0.25, 0.3) is 0 Å². The molecule has 1 unspecified atom stereocenters. The van der Waals surface area contributed by atoms with Crippen LogP contribution in [-0.2, 0) is 4.74 Å². The molecule has 4 rings (SSSR count). The van der Waals surface area contributed by atoms with Crippen LogP contribution in [0, 0.1) is 5.82 Å². The lowest BCUT2D eigenvalue weighted by molar-refractivity contribution is -0.0510. The van der Waals surface area contributed by atoms with Gasteiger partial charge in [-0.3, -0.25) is 0 Å². The number of aliphatic hydroxyl groups is 3. The van der Waals surface area contributed by atoms with E-state index < -0.39 is 37.0 Å². The lowest BCUT2D eigenvalue weighted by Crippen LogP contribution is -2.33. The minimum absolute atomic E-state index is 0.116. The summed E-state index contributed by atoms with van der Waals surface area (Å²) in [5.41, 5.74) is 0.455. The Labute approximate surface area is 134 Å². The van der Waals surface area contributed by atoms with E-state index in [1.54, 1.807) is 12.1 Å². The van der Waals surface area contributed by atoms with Crippen LogP contribution < -0.4 is 0 Å². The first-order chi connectivity index (χ1) is 11.6. The van der Waals surface area contributed by atoms with Gasteiger partial charge in [0.1, 0.15) is 36.0 Å². The highest BCUT2D eigenvalue weighted by atomic mass is 19.1. The molecule has 3 N–H and O–H groups in total. The summed E-state index contributed by atoms with van der Waals surface area (Å²) in [4.78, 5) is 8.13. The Balaban J connectivity index is 1.86. The van der Waals surface area contributed by atoms with E-state index in [1.807, 2.05) is 0 Å². The van der Waals surface area contributed by atoms with E-state index in [0.29, 0.717) is 5.76 Å². The van der Waals surface area contributed by atoms with Gasteiger partial charge in [0.2, 0.25) is 0 Å². The smallest absolute Gasteiger partial charge is 0.164 e. The van der Waals surface area contributed by atoms with Crippen LogP contribution in [0.4, 0.5) is 4.39 Å². The fraction of sp³-hybridized carbons (Fsp3) is 0.333. The molecule has 0 aromatic carbocycles. The van der Waals surface area contributed by atoms with Gasteiger partial charge < -0.3 is 29.0 Å². The number of ether oxygens (including phenoxy) is 1. The van der Waals surface area contributed by atoms with Gasteiger partial charge in [-0.25, -0.2) is 14.4 Å². The molecule has 1 aliphatic heterocycles. The molecule has 1 fully saturated rings. The second-order valence-electron chi connectivity index (χ2n) is 5.51. The van der Waals surface area contributed by atoms with Crippen LogP contribution >= 0.6 is 0 Å². The molecule has 3 aromatic heterocycles. The van der Waals surface area contributed by atoms with Gasteiger partial charge in [-0.1, -0.05) is 0 Å². The lowest BCUT2D eigenvalue weighted by Gasteiger charge is -2.17. The summed E-state index contributed by atoms with van der Waals surface area (Å²) in [6.07, 6.45) is -0.847. The summed E-state index contributed by atoms with van der Waals surface area (Å²) in [6.45, 7) is -0.469. The van der Waals surface area contributed by atoms with E-state index in [9.17, 15) is 19.7 Å². The largest absolute Gasteiger partial charge is 0.463 e. The zero-order valence-electron chi connectivity index (χ0n) is 12.3. The van der Waals surface area contributed by atoms with Crippen LogP contribution in [0.2, 0.25) is 0 Å². The van der Waals surface area contributed by atoms with Crippen molar-refractivity contribution in [3.63, 3.8) is 0 Å². The molecule has 8 nitrogen and oxygen atoms in total. The van der Waals surface area contributed by atoms with Crippen molar-refractivity contribution in [2.45, 2.75) is 24.5 Å². The Morgan fingerprint density at radius 1 is 1.25 bits per heavy atom. The molecule has 0 spiro atoms. The first kappa shape index (κ1) is 15.2. The third-order valence-corrected chi connectivity index (χ3v) is 4.11. The maximum Gasteiger partial charge on any atom is 0.164 e. The van der Waals surface area contributed by atoms with Gasteiger partial charge in [0, 0.05) is 6.20 Å². The topological polar surface area (TPSA) is 114 Å². The molecule has 0 amide bonds. The molecule has 1 saturated heterocycles. The molecule has 126 valence electrons. The van der Waals surface area contributed by atoms with E-state index in [0.717, 1.165) is 6.20 Å². The zero-order chi connectivity index (χ0) is 16.8. The molecule has 0 aliphatic carbocycles. The van der Waals surface area contributed by atoms with Crippen LogP contribution in [0.1, 0.15) is 6.23 Å². The van der Waals surface area contributed by atoms with Gasteiger partial charge in [-0.15, -0.1) is 0 Å². The molecule has 4 heterocycles. The third kappa shape index (κ3) is 2.13. The Morgan fingerprint density at radius 2 is 2.08 bits per heavy atom. The van der Waals surface area contributed by atoms with Crippen molar-refractivity contribution in [3.05, 3.63) is 36.7 Å². The Hall–Kier alpha value is -2.33. The van der Waals surface area contributed by atoms with Crippen molar-refractivity contribution in [1.29, 1.82) is 0 Å². The number of nitrogens with zero attached hydrogens (tertiary/aromatic N) is 3. The maximum atomic E-state index is 14.5. The number of halogens is 1. The summed E-state index contributed by atoms with van der Waals surface area (Å²) in [5.74, 6) is -0.241. The zero-order valence-corrected chi connectivity index (χ0v) is 12.3. The number of furan rings is 1. The highest BCUT2D eigenvalue weighted by Crippen LogP contribution is 2.35. The minimum Gasteiger partial charge on any atom is -0.463 e. The Bertz CT molecular complexity index is 866. The second-order valence-corrected chi connectivity index (χ2v) is 5.51. The summed E-state index contributed by atoms with van der Waals surface area (Å²) in [6, 6.07) is 3.30. The maximum absolute atomic E-state index is 14.5. The van der Waals surface area contributed by atoms with Gasteiger partial charge in [-0.2, -0.15) is 0 Å². The minimum atomic E-state index is -1.33. The van der Waals surface area contributed by atoms with Crippen molar-refractivity contribution in [1.82, 2.24) is 14.5 Å². The Kier molecular flexibility index (Phi) is 3.57. The molecule has 0 radical (unpaired) electrons. The molecule has 0 saturated carbocycles. The first-order valence-corrected chi connectivity index (χ1v) is 7.29. The van der Waals surface area contributed by atoms with E-state index >= 15 is 0 Å². The fourth-order valence-electron chi connectivity index (χ4n) is 2.94. The standard InChI is InChI=1S/C15H14FN3O5/c16-7-4-19(15-13(22)12(21)9(5-20)24-15)14-10(7)11(17-6-18-14)8-2-1-3-23-8/h1-4,6,9,12-13,15,20-22H,5H2/t9-,12-,13?,15-/m1/s1. The molecular formula is C15H14FN3O5. The fourth-order valence-corrected chi connectivity index (χ4v) is 2.94. The molecule has 4 atom stereocenters. The molecule has 24 heavy (non-hydrogen) atoms. The van der Waals surface area contributed by atoms with E-state index in [1.165, 1.54) is 17.2 Å².